The fourth-order valence-corrected chi connectivity index (χ4v) is 4.62. The molecule has 0 aromatic heterocycles. The van der Waals surface area contributed by atoms with Crippen LogP contribution in [0.4, 0.5) is 0 Å². The van der Waals surface area contributed by atoms with E-state index in [1.54, 1.807) is 24.1 Å². The molecule has 0 N–H and O–H groups in total. The molecule has 0 radical (unpaired) electrons. The highest BCUT2D eigenvalue weighted by molar-refractivity contribution is 7.89. The minimum Gasteiger partial charge on any atom is -0.378 e. The van der Waals surface area contributed by atoms with Crippen molar-refractivity contribution in [1.29, 1.82) is 0 Å². The maximum Gasteiger partial charge on any atom is 0.243 e. The largest absolute Gasteiger partial charge is 0.378 e. The van der Waals surface area contributed by atoms with E-state index in [9.17, 15) is 13.2 Å². The topological polar surface area (TPSA) is 66.9 Å². The fraction of sp³-hybridized carbons (Fsp3) is 0.562. The number of likely N-dealkylation sites (N-methyl/N-ethyl adjacent to an activating group) is 1. The summed E-state index contributed by atoms with van der Waals surface area (Å²) in [6.45, 7) is 3.13. The first kappa shape index (κ1) is 16.4. The van der Waals surface area contributed by atoms with Crippen molar-refractivity contribution in [2.45, 2.75) is 24.3 Å². The number of fused-ring (bicyclic) bond motifs is 3. The molecule has 2 heterocycles. The van der Waals surface area contributed by atoms with Crippen LogP contribution in [0.3, 0.4) is 0 Å². The van der Waals surface area contributed by atoms with E-state index in [0.717, 1.165) is 12.0 Å². The van der Waals surface area contributed by atoms with Crippen LogP contribution in [0, 0.1) is 5.92 Å². The smallest absolute Gasteiger partial charge is 0.243 e. The van der Waals surface area contributed by atoms with Crippen LogP contribution in [-0.2, 0) is 26.0 Å². The summed E-state index contributed by atoms with van der Waals surface area (Å²) in [5.74, 6) is -0.469. The molecule has 2 fully saturated rings. The third-order valence-corrected chi connectivity index (χ3v) is 6.53. The van der Waals surface area contributed by atoms with E-state index in [-0.39, 0.29) is 36.5 Å². The molecular weight excluding hydrogens is 316 g/mol. The maximum absolute atomic E-state index is 12.9. The standard InChI is InChI=1S/C16H22N2O4S/c1-3-12-4-6-15(7-5-12)23(20,21)18-8-13-10-22-11-14(9-18)17(2)16(13)19/h4-7,13-14H,3,8-11H2,1-2H3/t13-,14-/m0/s1. The van der Waals surface area contributed by atoms with Gasteiger partial charge in [0.25, 0.3) is 0 Å². The number of hydrogen-bond acceptors (Lipinski definition) is 4. The quantitative estimate of drug-likeness (QED) is 0.815. The number of ether oxygens (including phenoxy) is 1. The third kappa shape index (κ3) is 3.00. The first-order valence-electron chi connectivity index (χ1n) is 7.87. The predicted octanol–water partition coefficient (Wildman–Crippen LogP) is 0.727. The van der Waals surface area contributed by atoms with Crippen molar-refractivity contribution >= 4 is 15.9 Å². The van der Waals surface area contributed by atoms with E-state index in [2.05, 4.69) is 0 Å². The Labute approximate surface area is 137 Å². The van der Waals surface area contributed by atoms with Crippen LogP contribution in [0.15, 0.2) is 29.2 Å². The summed E-state index contributed by atoms with van der Waals surface area (Å²) in [4.78, 5) is 14.3. The second-order valence-corrected chi connectivity index (χ2v) is 8.09. The summed E-state index contributed by atoms with van der Waals surface area (Å²) >= 11 is 0. The number of benzene rings is 1. The molecule has 126 valence electrons. The number of hydrogen-bond donors (Lipinski definition) is 0. The molecule has 3 rings (SSSR count). The molecule has 1 amide bonds. The average Bonchev–Trinajstić information content (AvgIpc) is 2.73. The van der Waals surface area contributed by atoms with Crippen molar-refractivity contribution in [2.24, 2.45) is 5.92 Å². The molecule has 1 aromatic carbocycles. The number of carbonyl (C=O) groups is 1. The first-order valence-corrected chi connectivity index (χ1v) is 9.31. The maximum atomic E-state index is 12.9. The van der Waals surface area contributed by atoms with E-state index in [4.69, 9.17) is 4.74 Å². The van der Waals surface area contributed by atoms with Crippen LogP contribution < -0.4 is 0 Å². The van der Waals surface area contributed by atoms with Crippen LogP contribution in [-0.4, -0.2) is 62.9 Å². The normalized spacial score (nSPS) is 26.2. The zero-order chi connectivity index (χ0) is 16.6. The highest BCUT2D eigenvalue weighted by Gasteiger charge is 2.41. The van der Waals surface area contributed by atoms with Gasteiger partial charge in [0.1, 0.15) is 0 Å². The SMILES string of the molecule is CCc1ccc(S(=O)(=O)N2C[C@H]3COC[C@H](C2)N(C)C3=O)cc1. The summed E-state index contributed by atoms with van der Waals surface area (Å²) in [7, 11) is -1.88. The summed E-state index contributed by atoms with van der Waals surface area (Å²) in [5.41, 5.74) is 1.10. The first-order chi connectivity index (χ1) is 10.9. The Morgan fingerprint density at radius 1 is 1.17 bits per heavy atom. The second-order valence-electron chi connectivity index (χ2n) is 6.16. The molecule has 6 nitrogen and oxygen atoms in total. The Kier molecular flexibility index (Phi) is 4.44. The summed E-state index contributed by atoms with van der Waals surface area (Å²) in [6.07, 6.45) is 0.866. The van der Waals surface area contributed by atoms with E-state index in [0.29, 0.717) is 6.61 Å². The molecule has 2 bridgehead atoms. The number of aryl methyl sites for hydroxylation is 1. The number of carbonyl (C=O) groups excluding carboxylic acids is 1. The molecule has 0 unspecified atom stereocenters. The molecule has 0 spiro atoms. The monoisotopic (exact) mass is 338 g/mol. The fourth-order valence-electron chi connectivity index (χ4n) is 3.10. The molecule has 1 aromatic rings. The second kappa shape index (κ2) is 6.22. The molecule has 2 atom stereocenters. The van der Waals surface area contributed by atoms with Gasteiger partial charge in [-0.1, -0.05) is 19.1 Å². The third-order valence-electron chi connectivity index (χ3n) is 4.68. The van der Waals surface area contributed by atoms with Crippen LogP contribution in [0.5, 0.6) is 0 Å². The van der Waals surface area contributed by atoms with Gasteiger partial charge in [-0.05, 0) is 24.1 Å². The number of amides is 1. The molecule has 2 aliphatic heterocycles. The lowest BCUT2D eigenvalue weighted by Gasteiger charge is -2.28. The van der Waals surface area contributed by atoms with E-state index >= 15 is 0 Å². The Balaban J connectivity index is 1.92. The zero-order valence-corrected chi connectivity index (χ0v) is 14.3. The van der Waals surface area contributed by atoms with E-state index in [1.807, 2.05) is 19.1 Å². The van der Waals surface area contributed by atoms with Gasteiger partial charge in [0.05, 0.1) is 30.1 Å². The molecule has 23 heavy (non-hydrogen) atoms. The van der Waals surface area contributed by atoms with E-state index in [1.165, 1.54) is 4.31 Å². The number of sulfonamides is 1. The number of rotatable bonds is 3. The Hall–Kier alpha value is -1.44. The lowest BCUT2D eigenvalue weighted by molar-refractivity contribution is -0.133. The van der Waals surface area contributed by atoms with Crippen LogP contribution in [0.2, 0.25) is 0 Å². The van der Waals surface area contributed by atoms with Gasteiger partial charge in [0.2, 0.25) is 15.9 Å². The molecule has 0 saturated carbocycles. The van der Waals surface area contributed by atoms with Crippen molar-refractivity contribution in [3.8, 4) is 0 Å². The van der Waals surface area contributed by atoms with Gasteiger partial charge < -0.3 is 9.64 Å². The minimum atomic E-state index is -3.60. The Morgan fingerprint density at radius 2 is 1.87 bits per heavy atom. The Bertz CT molecular complexity index is 687. The number of nitrogens with zero attached hydrogens (tertiary/aromatic N) is 2. The van der Waals surface area contributed by atoms with Gasteiger partial charge in [-0.15, -0.1) is 0 Å². The lowest BCUT2D eigenvalue weighted by atomic mass is 10.1. The summed E-state index contributed by atoms with van der Waals surface area (Å²) in [5, 5.41) is 0. The highest BCUT2D eigenvalue weighted by atomic mass is 32.2. The van der Waals surface area contributed by atoms with Crippen molar-refractivity contribution < 1.29 is 17.9 Å². The van der Waals surface area contributed by atoms with Crippen molar-refractivity contribution in [2.75, 3.05) is 33.4 Å². The molecule has 2 aliphatic rings. The van der Waals surface area contributed by atoms with Gasteiger partial charge in [-0.2, -0.15) is 4.31 Å². The molecule has 0 aliphatic carbocycles. The van der Waals surface area contributed by atoms with Crippen molar-refractivity contribution in [3.63, 3.8) is 0 Å². The van der Waals surface area contributed by atoms with Crippen LogP contribution in [0.1, 0.15) is 12.5 Å². The predicted molar refractivity (Wildman–Crippen MR) is 85.4 cm³/mol. The van der Waals surface area contributed by atoms with Gasteiger partial charge in [-0.3, -0.25) is 4.79 Å². The molecule has 2 saturated heterocycles. The van der Waals surface area contributed by atoms with Crippen LogP contribution >= 0.6 is 0 Å². The van der Waals surface area contributed by atoms with Gasteiger partial charge in [0, 0.05) is 20.1 Å². The summed E-state index contributed by atoms with van der Waals surface area (Å²) < 4.78 is 32.8. The Morgan fingerprint density at radius 3 is 2.52 bits per heavy atom. The highest BCUT2D eigenvalue weighted by Crippen LogP contribution is 2.25. The minimum absolute atomic E-state index is 0.0356. The average molecular weight is 338 g/mol. The molecule has 7 heteroatoms. The van der Waals surface area contributed by atoms with Gasteiger partial charge in [0.15, 0.2) is 0 Å². The van der Waals surface area contributed by atoms with E-state index < -0.39 is 15.9 Å². The van der Waals surface area contributed by atoms with Crippen molar-refractivity contribution in [3.05, 3.63) is 29.8 Å². The van der Waals surface area contributed by atoms with Gasteiger partial charge >= 0.3 is 0 Å². The lowest BCUT2D eigenvalue weighted by Crippen LogP contribution is -2.45. The summed E-state index contributed by atoms with van der Waals surface area (Å²) in [6, 6.07) is 6.74. The van der Waals surface area contributed by atoms with Gasteiger partial charge in [-0.25, -0.2) is 8.42 Å². The zero-order valence-electron chi connectivity index (χ0n) is 13.4. The molecular formula is C16H22N2O4S. The van der Waals surface area contributed by atoms with Crippen LogP contribution in [0.25, 0.3) is 0 Å². The van der Waals surface area contributed by atoms with Crippen molar-refractivity contribution in [1.82, 2.24) is 9.21 Å².